The highest BCUT2D eigenvalue weighted by Crippen LogP contribution is 2.17. The molecule has 1 atom stereocenters. The molecule has 0 bridgehead atoms. The Hall–Kier alpha value is -2.07. The van der Waals surface area contributed by atoms with Crippen molar-refractivity contribution in [3.8, 4) is 0 Å². The lowest BCUT2D eigenvalue weighted by molar-refractivity contribution is -0.117. The summed E-state index contributed by atoms with van der Waals surface area (Å²) in [5.41, 5.74) is 7.27. The van der Waals surface area contributed by atoms with Gasteiger partial charge in [0.15, 0.2) is 0 Å². The van der Waals surface area contributed by atoms with Gasteiger partial charge in [-0.25, -0.2) is 0 Å². The minimum atomic E-state index is -0.0993. The number of amides is 1. The zero-order valence-electron chi connectivity index (χ0n) is 10.7. The van der Waals surface area contributed by atoms with Crippen LogP contribution in [-0.2, 0) is 4.79 Å². The molecule has 19 heavy (non-hydrogen) atoms. The molecular formula is C15H16N2OS. The second-order valence-electron chi connectivity index (χ2n) is 4.25. The fourth-order valence-electron chi connectivity index (χ4n) is 1.65. The summed E-state index contributed by atoms with van der Waals surface area (Å²) < 4.78 is 0. The third-order valence-corrected chi connectivity index (χ3v) is 3.75. The summed E-state index contributed by atoms with van der Waals surface area (Å²) in [6.07, 6.45) is 3.31. The van der Waals surface area contributed by atoms with E-state index in [0.717, 1.165) is 10.4 Å². The van der Waals surface area contributed by atoms with Gasteiger partial charge >= 0.3 is 0 Å². The summed E-state index contributed by atoms with van der Waals surface area (Å²) in [6, 6.07) is 11.4. The minimum absolute atomic E-state index is 0.0311. The first-order chi connectivity index (χ1) is 9.15. The van der Waals surface area contributed by atoms with E-state index >= 15 is 0 Å². The van der Waals surface area contributed by atoms with Crippen LogP contribution in [0, 0.1) is 0 Å². The van der Waals surface area contributed by atoms with Crippen molar-refractivity contribution in [2.45, 2.75) is 13.0 Å². The zero-order chi connectivity index (χ0) is 13.7. The molecule has 0 fully saturated rings. The number of hydrogen-bond donors (Lipinski definition) is 2. The van der Waals surface area contributed by atoms with E-state index in [4.69, 9.17) is 5.73 Å². The van der Waals surface area contributed by atoms with Gasteiger partial charge in [-0.05, 0) is 42.1 Å². The first kappa shape index (κ1) is 13.4. The SMILES string of the molecule is CC(NC(=O)/C=C/c1ccc(N)cc1)c1cccs1. The maximum absolute atomic E-state index is 11.8. The van der Waals surface area contributed by atoms with Gasteiger partial charge in [-0.1, -0.05) is 18.2 Å². The van der Waals surface area contributed by atoms with E-state index < -0.39 is 0 Å². The van der Waals surface area contributed by atoms with E-state index in [9.17, 15) is 4.79 Å². The van der Waals surface area contributed by atoms with Crippen LogP contribution in [0.15, 0.2) is 47.9 Å². The Morgan fingerprint density at radius 3 is 2.68 bits per heavy atom. The lowest BCUT2D eigenvalue weighted by Gasteiger charge is -2.09. The maximum atomic E-state index is 11.8. The minimum Gasteiger partial charge on any atom is -0.399 e. The van der Waals surface area contributed by atoms with Gasteiger partial charge in [0.05, 0.1) is 6.04 Å². The van der Waals surface area contributed by atoms with Crippen LogP contribution in [0.3, 0.4) is 0 Å². The fraction of sp³-hybridized carbons (Fsp3) is 0.133. The van der Waals surface area contributed by atoms with Crippen molar-refractivity contribution in [3.63, 3.8) is 0 Å². The van der Waals surface area contributed by atoms with Crippen molar-refractivity contribution in [1.29, 1.82) is 0 Å². The Balaban J connectivity index is 1.92. The third kappa shape index (κ3) is 3.96. The van der Waals surface area contributed by atoms with Crippen LogP contribution in [0.5, 0.6) is 0 Å². The van der Waals surface area contributed by atoms with Crippen molar-refractivity contribution in [1.82, 2.24) is 5.32 Å². The van der Waals surface area contributed by atoms with Gasteiger partial charge in [-0.3, -0.25) is 4.79 Å². The molecule has 0 radical (unpaired) electrons. The highest BCUT2D eigenvalue weighted by atomic mass is 32.1. The van der Waals surface area contributed by atoms with E-state index in [0.29, 0.717) is 5.69 Å². The largest absolute Gasteiger partial charge is 0.399 e. The second-order valence-corrected chi connectivity index (χ2v) is 5.22. The second kappa shape index (κ2) is 6.20. The summed E-state index contributed by atoms with van der Waals surface area (Å²) in [5, 5.41) is 4.93. The molecule has 0 aliphatic carbocycles. The number of nitrogens with one attached hydrogen (secondary N) is 1. The number of rotatable bonds is 4. The fourth-order valence-corrected chi connectivity index (χ4v) is 2.38. The number of hydrogen-bond acceptors (Lipinski definition) is 3. The number of thiophene rings is 1. The summed E-state index contributed by atoms with van der Waals surface area (Å²) in [6.45, 7) is 1.97. The molecule has 1 heterocycles. The number of benzene rings is 1. The quantitative estimate of drug-likeness (QED) is 0.663. The number of carbonyl (C=O) groups is 1. The van der Waals surface area contributed by atoms with Gasteiger partial charge in [0.1, 0.15) is 0 Å². The molecule has 2 rings (SSSR count). The predicted octanol–water partition coefficient (Wildman–Crippen LogP) is 3.22. The molecule has 3 nitrogen and oxygen atoms in total. The number of nitrogens with two attached hydrogens (primary N) is 1. The van der Waals surface area contributed by atoms with Crippen molar-refractivity contribution in [2.24, 2.45) is 0 Å². The molecule has 1 unspecified atom stereocenters. The van der Waals surface area contributed by atoms with Gasteiger partial charge in [0.25, 0.3) is 0 Å². The van der Waals surface area contributed by atoms with Crippen LogP contribution in [0.2, 0.25) is 0 Å². The first-order valence-electron chi connectivity index (χ1n) is 6.02. The van der Waals surface area contributed by atoms with Crippen molar-refractivity contribution in [3.05, 3.63) is 58.3 Å². The molecule has 0 saturated heterocycles. The van der Waals surface area contributed by atoms with Crippen LogP contribution >= 0.6 is 11.3 Å². The maximum Gasteiger partial charge on any atom is 0.244 e. The standard InChI is InChI=1S/C15H16N2OS/c1-11(14-3-2-10-19-14)17-15(18)9-6-12-4-7-13(16)8-5-12/h2-11H,16H2,1H3,(H,17,18)/b9-6+. The summed E-state index contributed by atoms with van der Waals surface area (Å²) >= 11 is 1.64. The van der Waals surface area contributed by atoms with Gasteiger partial charge in [0, 0.05) is 16.6 Å². The lowest BCUT2D eigenvalue weighted by Crippen LogP contribution is -2.23. The van der Waals surface area contributed by atoms with E-state index in [1.165, 1.54) is 6.08 Å². The molecule has 0 aliphatic heterocycles. The molecular weight excluding hydrogens is 256 g/mol. The Labute approximate surface area is 116 Å². The molecule has 4 heteroatoms. The van der Waals surface area contributed by atoms with Gasteiger partial charge < -0.3 is 11.1 Å². The molecule has 0 spiro atoms. The predicted molar refractivity (Wildman–Crippen MR) is 80.8 cm³/mol. The van der Waals surface area contributed by atoms with Crippen LogP contribution in [0.1, 0.15) is 23.4 Å². The lowest BCUT2D eigenvalue weighted by atomic mass is 10.2. The Kier molecular flexibility index (Phi) is 4.36. The summed E-state index contributed by atoms with van der Waals surface area (Å²) in [5.74, 6) is -0.0993. The Morgan fingerprint density at radius 2 is 2.05 bits per heavy atom. The summed E-state index contributed by atoms with van der Waals surface area (Å²) in [7, 11) is 0. The summed E-state index contributed by atoms with van der Waals surface area (Å²) in [4.78, 5) is 12.9. The topological polar surface area (TPSA) is 55.1 Å². The number of carbonyl (C=O) groups excluding carboxylic acids is 1. The van der Waals surface area contributed by atoms with E-state index in [1.807, 2.05) is 48.7 Å². The molecule has 2 aromatic rings. The van der Waals surface area contributed by atoms with Crippen molar-refractivity contribution >= 4 is 29.0 Å². The van der Waals surface area contributed by atoms with Gasteiger partial charge in [-0.15, -0.1) is 11.3 Å². The average Bonchev–Trinajstić information content (AvgIpc) is 2.92. The molecule has 0 aliphatic rings. The normalized spacial score (nSPS) is 12.5. The highest BCUT2D eigenvalue weighted by Gasteiger charge is 2.07. The first-order valence-corrected chi connectivity index (χ1v) is 6.90. The molecule has 3 N–H and O–H groups in total. The molecule has 98 valence electrons. The van der Waals surface area contributed by atoms with Gasteiger partial charge in [0.2, 0.25) is 5.91 Å². The van der Waals surface area contributed by atoms with Crippen molar-refractivity contribution < 1.29 is 4.79 Å². The zero-order valence-corrected chi connectivity index (χ0v) is 11.5. The van der Waals surface area contributed by atoms with Crippen LogP contribution in [-0.4, -0.2) is 5.91 Å². The van der Waals surface area contributed by atoms with Crippen LogP contribution in [0.4, 0.5) is 5.69 Å². The average molecular weight is 272 g/mol. The molecule has 0 saturated carbocycles. The van der Waals surface area contributed by atoms with Crippen LogP contribution < -0.4 is 11.1 Å². The van der Waals surface area contributed by atoms with E-state index in [1.54, 1.807) is 17.4 Å². The molecule has 1 aromatic carbocycles. The monoisotopic (exact) mass is 272 g/mol. The van der Waals surface area contributed by atoms with Crippen LogP contribution in [0.25, 0.3) is 6.08 Å². The smallest absolute Gasteiger partial charge is 0.244 e. The number of nitrogen functional groups attached to an aromatic ring is 1. The van der Waals surface area contributed by atoms with E-state index in [2.05, 4.69) is 5.32 Å². The molecule has 1 aromatic heterocycles. The number of anilines is 1. The Morgan fingerprint density at radius 1 is 1.32 bits per heavy atom. The van der Waals surface area contributed by atoms with Gasteiger partial charge in [-0.2, -0.15) is 0 Å². The third-order valence-electron chi connectivity index (χ3n) is 2.69. The highest BCUT2D eigenvalue weighted by molar-refractivity contribution is 7.10. The molecule has 1 amide bonds. The Bertz CT molecular complexity index is 558. The van der Waals surface area contributed by atoms with E-state index in [-0.39, 0.29) is 11.9 Å². The van der Waals surface area contributed by atoms with Crippen molar-refractivity contribution in [2.75, 3.05) is 5.73 Å².